The van der Waals surface area contributed by atoms with Crippen LogP contribution in [0.15, 0.2) is 22.7 Å². The van der Waals surface area contributed by atoms with Gasteiger partial charge in [0, 0.05) is 10.9 Å². The van der Waals surface area contributed by atoms with Gasteiger partial charge in [-0.05, 0) is 17.2 Å². The van der Waals surface area contributed by atoms with Crippen LogP contribution in [0.2, 0.25) is 0 Å². The summed E-state index contributed by atoms with van der Waals surface area (Å²) in [5.74, 6) is 0.135. The number of rotatable bonds is 4. The summed E-state index contributed by atoms with van der Waals surface area (Å²) in [7, 11) is 0. The first-order chi connectivity index (χ1) is 6.67. The van der Waals surface area contributed by atoms with Crippen LogP contribution < -0.4 is 0 Å². The average Bonchev–Trinajstić information content (AvgIpc) is 2.20. The van der Waals surface area contributed by atoms with E-state index >= 15 is 0 Å². The number of ketones is 1. The zero-order chi connectivity index (χ0) is 10.6. The third kappa shape index (κ3) is 3.19. The van der Waals surface area contributed by atoms with Crippen molar-refractivity contribution >= 4 is 37.6 Å². The Kier molecular flexibility index (Phi) is 4.78. The Morgan fingerprint density at radius 2 is 2.14 bits per heavy atom. The second kappa shape index (κ2) is 5.63. The molecule has 0 saturated carbocycles. The fraction of sp³-hybridized carbons (Fsp3) is 0.300. The lowest BCUT2D eigenvalue weighted by Crippen LogP contribution is -2.03. The first-order valence-electron chi connectivity index (χ1n) is 4.13. The molecule has 0 saturated heterocycles. The maximum absolute atomic E-state index is 11.1. The molecule has 0 unspecified atom stereocenters. The van der Waals surface area contributed by atoms with E-state index in [4.69, 9.17) is 5.11 Å². The Labute approximate surface area is 99.6 Å². The summed E-state index contributed by atoms with van der Waals surface area (Å²) in [6, 6.07) is 5.57. The minimum atomic E-state index is -0.0169. The molecule has 76 valence electrons. The largest absolute Gasteiger partial charge is 0.392 e. The highest BCUT2D eigenvalue weighted by molar-refractivity contribution is 9.10. The van der Waals surface area contributed by atoms with E-state index in [2.05, 4.69) is 31.9 Å². The van der Waals surface area contributed by atoms with Crippen LogP contribution in [0.3, 0.4) is 0 Å². The summed E-state index contributed by atoms with van der Waals surface area (Å²) in [5, 5.41) is 9.38. The third-order valence-electron chi connectivity index (χ3n) is 1.83. The van der Waals surface area contributed by atoms with Crippen LogP contribution in [0.1, 0.15) is 11.1 Å². The maximum Gasteiger partial charge on any atom is 0.147 e. The second-order valence-corrected chi connectivity index (χ2v) is 4.35. The molecular formula is C10H10Br2O2. The molecule has 2 nitrogen and oxygen atoms in total. The normalized spacial score (nSPS) is 10.2. The van der Waals surface area contributed by atoms with Gasteiger partial charge in [0.2, 0.25) is 0 Å². The van der Waals surface area contributed by atoms with Crippen molar-refractivity contribution in [3.8, 4) is 0 Å². The molecule has 14 heavy (non-hydrogen) atoms. The van der Waals surface area contributed by atoms with Gasteiger partial charge in [0.25, 0.3) is 0 Å². The van der Waals surface area contributed by atoms with E-state index in [0.29, 0.717) is 11.8 Å². The second-order valence-electron chi connectivity index (χ2n) is 2.93. The minimum Gasteiger partial charge on any atom is -0.392 e. The van der Waals surface area contributed by atoms with Gasteiger partial charge in [-0.15, -0.1) is 0 Å². The monoisotopic (exact) mass is 320 g/mol. The Balaban J connectivity index is 2.84. The number of hydrogen-bond donors (Lipinski definition) is 1. The van der Waals surface area contributed by atoms with Crippen LogP contribution in [0.5, 0.6) is 0 Å². The van der Waals surface area contributed by atoms with Crippen molar-refractivity contribution in [2.45, 2.75) is 13.0 Å². The number of hydrogen-bond acceptors (Lipinski definition) is 2. The highest BCUT2D eigenvalue weighted by atomic mass is 79.9. The fourth-order valence-corrected chi connectivity index (χ4v) is 1.70. The predicted molar refractivity (Wildman–Crippen MR) is 62.6 cm³/mol. The summed E-state index contributed by atoms with van der Waals surface area (Å²) < 4.78 is 0.870. The van der Waals surface area contributed by atoms with E-state index in [-0.39, 0.29) is 12.4 Å². The molecule has 0 bridgehead atoms. The highest BCUT2D eigenvalue weighted by Gasteiger charge is 2.04. The molecule has 0 aliphatic carbocycles. The topological polar surface area (TPSA) is 37.3 Å². The van der Waals surface area contributed by atoms with E-state index in [0.717, 1.165) is 15.6 Å². The molecule has 0 fully saturated rings. The number of aliphatic hydroxyl groups excluding tert-OH is 1. The Morgan fingerprint density at radius 3 is 2.71 bits per heavy atom. The van der Waals surface area contributed by atoms with Gasteiger partial charge >= 0.3 is 0 Å². The summed E-state index contributed by atoms with van der Waals surface area (Å²) in [5.41, 5.74) is 1.74. The van der Waals surface area contributed by atoms with Crippen LogP contribution in [0.4, 0.5) is 0 Å². The lowest BCUT2D eigenvalue weighted by atomic mass is 10.1. The molecule has 1 rings (SSSR count). The highest BCUT2D eigenvalue weighted by Crippen LogP contribution is 2.18. The smallest absolute Gasteiger partial charge is 0.147 e. The van der Waals surface area contributed by atoms with Crippen LogP contribution in [0.25, 0.3) is 0 Å². The third-order valence-corrected chi connectivity index (χ3v) is 3.23. The lowest BCUT2D eigenvalue weighted by Gasteiger charge is -2.04. The molecule has 0 aliphatic rings. The number of halogens is 2. The molecule has 4 heteroatoms. The molecule has 0 amide bonds. The molecule has 1 aromatic carbocycles. The van der Waals surface area contributed by atoms with Gasteiger partial charge in [0.15, 0.2) is 0 Å². The van der Waals surface area contributed by atoms with Crippen molar-refractivity contribution in [2.24, 2.45) is 0 Å². The predicted octanol–water partition coefficient (Wildman–Crippen LogP) is 2.45. The van der Waals surface area contributed by atoms with Gasteiger partial charge < -0.3 is 5.11 Å². The van der Waals surface area contributed by atoms with E-state index in [1.165, 1.54) is 0 Å². The van der Waals surface area contributed by atoms with Gasteiger partial charge in [-0.25, -0.2) is 0 Å². The van der Waals surface area contributed by atoms with E-state index in [1.54, 1.807) is 0 Å². The first kappa shape index (κ1) is 11.9. The van der Waals surface area contributed by atoms with Crippen LogP contribution >= 0.6 is 31.9 Å². The summed E-state index contributed by atoms with van der Waals surface area (Å²) in [6.45, 7) is -0.0169. The van der Waals surface area contributed by atoms with Gasteiger partial charge in [-0.1, -0.05) is 44.0 Å². The van der Waals surface area contributed by atoms with Crippen molar-refractivity contribution in [1.29, 1.82) is 0 Å². The van der Waals surface area contributed by atoms with Crippen LogP contribution in [0, 0.1) is 0 Å². The van der Waals surface area contributed by atoms with E-state index in [1.807, 2.05) is 18.2 Å². The van der Waals surface area contributed by atoms with Crippen molar-refractivity contribution in [3.05, 3.63) is 33.8 Å². The molecule has 0 atom stereocenters. The number of alkyl halides is 1. The minimum absolute atomic E-state index is 0.0169. The number of carbonyl (C=O) groups excluding carboxylic acids is 1. The Morgan fingerprint density at radius 1 is 1.43 bits per heavy atom. The van der Waals surface area contributed by atoms with Crippen molar-refractivity contribution in [1.82, 2.24) is 0 Å². The number of carbonyl (C=O) groups is 1. The van der Waals surface area contributed by atoms with Crippen molar-refractivity contribution in [2.75, 3.05) is 5.33 Å². The fourth-order valence-electron chi connectivity index (χ4n) is 1.13. The zero-order valence-corrected chi connectivity index (χ0v) is 10.6. The molecule has 1 aromatic rings. The van der Waals surface area contributed by atoms with Gasteiger partial charge in [0.05, 0.1) is 11.9 Å². The Bertz CT molecular complexity index is 337. The van der Waals surface area contributed by atoms with Gasteiger partial charge in [-0.3, -0.25) is 4.79 Å². The summed E-state index contributed by atoms with van der Waals surface area (Å²) in [6.07, 6.45) is 0.408. The number of benzene rings is 1. The van der Waals surface area contributed by atoms with Crippen molar-refractivity contribution < 1.29 is 9.90 Å². The molecule has 0 heterocycles. The molecule has 1 N–H and O–H groups in total. The SMILES string of the molecule is O=C(CBr)Cc1ccc(Br)c(CO)c1. The molecule has 0 radical (unpaired) electrons. The number of Topliss-reactive ketones (excluding diaryl/α,β-unsaturated/α-hetero) is 1. The maximum atomic E-state index is 11.1. The molecule has 0 aromatic heterocycles. The molecule has 0 spiro atoms. The van der Waals surface area contributed by atoms with Crippen molar-refractivity contribution in [3.63, 3.8) is 0 Å². The van der Waals surface area contributed by atoms with Gasteiger partial charge in [-0.2, -0.15) is 0 Å². The first-order valence-corrected chi connectivity index (χ1v) is 6.04. The standard InChI is InChI=1S/C10H10Br2O2/c11-5-9(14)4-7-1-2-10(12)8(3-7)6-13/h1-3,13H,4-6H2. The average molecular weight is 322 g/mol. The molecular weight excluding hydrogens is 312 g/mol. The molecule has 0 aliphatic heterocycles. The summed E-state index contributed by atoms with van der Waals surface area (Å²) >= 11 is 6.43. The van der Waals surface area contributed by atoms with Gasteiger partial charge in [0.1, 0.15) is 5.78 Å². The van der Waals surface area contributed by atoms with Crippen LogP contribution in [-0.4, -0.2) is 16.2 Å². The quantitative estimate of drug-likeness (QED) is 0.865. The lowest BCUT2D eigenvalue weighted by molar-refractivity contribution is -0.115. The van der Waals surface area contributed by atoms with E-state index in [9.17, 15) is 4.79 Å². The Hall–Kier alpha value is -0.190. The summed E-state index contributed by atoms with van der Waals surface area (Å²) in [4.78, 5) is 11.1. The van der Waals surface area contributed by atoms with Crippen LogP contribution in [-0.2, 0) is 17.8 Å². The number of aliphatic hydroxyl groups is 1. The van der Waals surface area contributed by atoms with E-state index < -0.39 is 0 Å². The zero-order valence-electron chi connectivity index (χ0n) is 7.46.